The number of nitrogens with one attached hydrogen (secondary N) is 1. The van der Waals surface area contributed by atoms with E-state index >= 15 is 0 Å². The Morgan fingerprint density at radius 2 is 1.83 bits per heavy atom. The van der Waals surface area contributed by atoms with E-state index in [1.54, 1.807) is 12.1 Å². The van der Waals surface area contributed by atoms with Crippen LogP contribution in [-0.4, -0.2) is 29.5 Å². The molecular formula is C19H18FN3O. The Morgan fingerprint density at radius 3 is 2.58 bits per heavy atom. The standard InChI is InChI=1S/C19H18FN3O/c20-14-9-7-13(8-10-14)18-16-5-1-2-6-17(16)19(23-22-18)21-12-15-4-3-11-24-15/h1-2,5-10,15H,3-4,11-12H2,(H,21,23)/t15-/m1/s1. The molecule has 0 amide bonds. The molecule has 0 aliphatic carbocycles. The maximum Gasteiger partial charge on any atom is 0.156 e. The average molecular weight is 323 g/mol. The van der Waals surface area contributed by atoms with Gasteiger partial charge in [0.2, 0.25) is 0 Å². The minimum atomic E-state index is -0.258. The van der Waals surface area contributed by atoms with E-state index in [0.29, 0.717) is 0 Å². The first kappa shape index (κ1) is 15.0. The van der Waals surface area contributed by atoms with Gasteiger partial charge in [-0.25, -0.2) is 4.39 Å². The van der Waals surface area contributed by atoms with Crippen LogP contribution in [0.2, 0.25) is 0 Å². The van der Waals surface area contributed by atoms with Gasteiger partial charge in [-0.1, -0.05) is 24.3 Å². The third-order valence-electron chi connectivity index (χ3n) is 4.33. The fraction of sp³-hybridized carbons (Fsp3) is 0.263. The van der Waals surface area contributed by atoms with E-state index in [0.717, 1.165) is 53.8 Å². The zero-order chi connectivity index (χ0) is 16.4. The van der Waals surface area contributed by atoms with E-state index < -0.39 is 0 Å². The molecule has 2 heterocycles. The fourth-order valence-corrected chi connectivity index (χ4v) is 3.07. The van der Waals surface area contributed by atoms with Crippen molar-refractivity contribution in [1.82, 2.24) is 10.2 Å². The van der Waals surface area contributed by atoms with Crippen LogP contribution in [0.5, 0.6) is 0 Å². The molecule has 24 heavy (non-hydrogen) atoms. The zero-order valence-corrected chi connectivity index (χ0v) is 13.2. The Morgan fingerprint density at radius 1 is 1.04 bits per heavy atom. The maximum absolute atomic E-state index is 13.2. The summed E-state index contributed by atoms with van der Waals surface area (Å²) in [7, 11) is 0. The van der Waals surface area contributed by atoms with E-state index in [1.807, 2.05) is 24.3 Å². The largest absolute Gasteiger partial charge is 0.376 e. The van der Waals surface area contributed by atoms with E-state index in [1.165, 1.54) is 12.1 Å². The molecule has 1 atom stereocenters. The zero-order valence-electron chi connectivity index (χ0n) is 13.2. The minimum absolute atomic E-state index is 0.238. The monoisotopic (exact) mass is 323 g/mol. The van der Waals surface area contributed by atoms with Crippen molar-refractivity contribution < 1.29 is 9.13 Å². The van der Waals surface area contributed by atoms with Gasteiger partial charge in [-0.15, -0.1) is 10.2 Å². The third kappa shape index (κ3) is 2.95. The van der Waals surface area contributed by atoms with Crippen molar-refractivity contribution in [2.75, 3.05) is 18.5 Å². The van der Waals surface area contributed by atoms with Crippen LogP contribution in [0.25, 0.3) is 22.0 Å². The summed E-state index contributed by atoms with van der Waals surface area (Å²) in [6.07, 6.45) is 2.43. The summed E-state index contributed by atoms with van der Waals surface area (Å²) < 4.78 is 18.8. The Bertz CT molecular complexity index is 845. The second kappa shape index (κ2) is 6.53. The molecule has 3 aromatic rings. The van der Waals surface area contributed by atoms with Crippen molar-refractivity contribution in [2.24, 2.45) is 0 Å². The van der Waals surface area contributed by atoms with Crippen LogP contribution >= 0.6 is 0 Å². The van der Waals surface area contributed by atoms with Crippen molar-refractivity contribution in [3.05, 3.63) is 54.3 Å². The van der Waals surface area contributed by atoms with Crippen molar-refractivity contribution in [2.45, 2.75) is 18.9 Å². The van der Waals surface area contributed by atoms with Gasteiger partial charge in [-0.3, -0.25) is 0 Å². The van der Waals surface area contributed by atoms with Gasteiger partial charge in [0.15, 0.2) is 5.82 Å². The SMILES string of the molecule is Fc1ccc(-c2nnc(NC[C@H]3CCCO3)c3ccccc23)cc1. The van der Waals surface area contributed by atoms with Gasteiger partial charge in [-0.2, -0.15) is 0 Å². The van der Waals surface area contributed by atoms with Crippen LogP contribution in [0.4, 0.5) is 10.2 Å². The van der Waals surface area contributed by atoms with Crippen molar-refractivity contribution in [1.29, 1.82) is 0 Å². The highest BCUT2D eigenvalue weighted by molar-refractivity contribution is 5.99. The van der Waals surface area contributed by atoms with E-state index in [-0.39, 0.29) is 11.9 Å². The van der Waals surface area contributed by atoms with E-state index in [4.69, 9.17) is 4.74 Å². The summed E-state index contributed by atoms with van der Waals surface area (Å²) in [5.74, 6) is 0.498. The van der Waals surface area contributed by atoms with Gasteiger partial charge < -0.3 is 10.1 Å². The summed E-state index contributed by atoms with van der Waals surface area (Å²) in [6, 6.07) is 14.3. The van der Waals surface area contributed by atoms with Crippen LogP contribution in [0.3, 0.4) is 0 Å². The molecule has 1 saturated heterocycles. The lowest BCUT2D eigenvalue weighted by atomic mass is 10.0. The highest BCUT2D eigenvalue weighted by Gasteiger charge is 2.16. The molecule has 0 spiro atoms. The van der Waals surface area contributed by atoms with Gasteiger partial charge in [0.05, 0.1) is 6.10 Å². The molecular weight excluding hydrogens is 305 g/mol. The molecule has 1 fully saturated rings. The van der Waals surface area contributed by atoms with Crippen molar-refractivity contribution in [3.8, 4) is 11.3 Å². The highest BCUT2D eigenvalue weighted by Crippen LogP contribution is 2.29. The van der Waals surface area contributed by atoms with Gasteiger partial charge >= 0.3 is 0 Å². The molecule has 0 bridgehead atoms. The summed E-state index contributed by atoms with van der Waals surface area (Å²) in [5, 5.41) is 14.1. The number of nitrogens with zero attached hydrogens (tertiary/aromatic N) is 2. The first-order chi connectivity index (χ1) is 11.8. The highest BCUT2D eigenvalue weighted by atomic mass is 19.1. The molecule has 4 nitrogen and oxygen atoms in total. The molecule has 122 valence electrons. The van der Waals surface area contributed by atoms with Crippen LogP contribution < -0.4 is 5.32 Å². The minimum Gasteiger partial charge on any atom is -0.376 e. The smallest absolute Gasteiger partial charge is 0.156 e. The third-order valence-corrected chi connectivity index (χ3v) is 4.33. The molecule has 1 aliphatic heterocycles. The number of hydrogen-bond donors (Lipinski definition) is 1. The normalized spacial score (nSPS) is 17.3. The lowest BCUT2D eigenvalue weighted by Gasteiger charge is -2.14. The molecule has 5 heteroatoms. The molecule has 1 N–H and O–H groups in total. The Labute approximate surface area is 139 Å². The number of ether oxygens (including phenoxy) is 1. The Kier molecular flexibility index (Phi) is 4.09. The van der Waals surface area contributed by atoms with E-state index in [2.05, 4.69) is 15.5 Å². The molecule has 1 aromatic heterocycles. The second-order valence-electron chi connectivity index (χ2n) is 5.97. The number of hydrogen-bond acceptors (Lipinski definition) is 4. The first-order valence-corrected chi connectivity index (χ1v) is 8.18. The Hall–Kier alpha value is -2.53. The molecule has 2 aromatic carbocycles. The first-order valence-electron chi connectivity index (χ1n) is 8.18. The van der Waals surface area contributed by atoms with Gasteiger partial charge in [-0.05, 0) is 37.1 Å². The van der Waals surface area contributed by atoms with Crippen molar-refractivity contribution in [3.63, 3.8) is 0 Å². The number of halogens is 1. The maximum atomic E-state index is 13.2. The van der Waals surface area contributed by atoms with Crippen LogP contribution in [0.1, 0.15) is 12.8 Å². The predicted molar refractivity (Wildman–Crippen MR) is 92.4 cm³/mol. The summed E-state index contributed by atoms with van der Waals surface area (Å²) in [6.45, 7) is 1.57. The number of benzene rings is 2. The Balaban J connectivity index is 1.70. The quantitative estimate of drug-likeness (QED) is 0.787. The number of fused-ring (bicyclic) bond motifs is 1. The molecule has 1 aliphatic rings. The van der Waals surface area contributed by atoms with E-state index in [9.17, 15) is 4.39 Å². The lowest BCUT2D eigenvalue weighted by molar-refractivity contribution is 0.120. The van der Waals surface area contributed by atoms with Crippen molar-refractivity contribution >= 4 is 16.6 Å². The fourth-order valence-electron chi connectivity index (χ4n) is 3.07. The molecule has 0 unspecified atom stereocenters. The summed E-state index contributed by atoms with van der Waals surface area (Å²) >= 11 is 0. The van der Waals surface area contributed by atoms with Gasteiger partial charge in [0.1, 0.15) is 11.5 Å². The summed E-state index contributed by atoms with van der Waals surface area (Å²) in [4.78, 5) is 0. The summed E-state index contributed by atoms with van der Waals surface area (Å²) in [5.41, 5.74) is 1.61. The lowest BCUT2D eigenvalue weighted by Crippen LogP contribution is -2.19. The average Bonchev–Trinajstić information content (AvgIpc) is 3.14. The predicted octanol–water partition coefficient (Wildman–Crippen LogP) is 4.03. The molecule has 0 saturated carbocycles. The molecule has 4 rings (SSSR count). The van der Waals surface area contributed by atoms with Crippen LogP contribution in [0.15, 0.2) is 48.5 Å². The van der Waals surface area contributed by atoms with Crippen LogP contribution in [-0.2, 0) is 4.74 Å². The molecule has 0 radical (unpaired) electrons. The van der Waals surface area contributed by atoms with Gasteiger partial charge in [0.25, 0.3) is 0 Å². The number of aromatic nitrogens is 2. The topological polar surface area (TPSA) is 47.0 Å². The van der Waals surface area contributed by atoms with Gasteiger partial charge in [0, 0.05) is 29.5 Å². The number of anilines is 1. The number of rotatable bonds is 4. The van der Waals surface area contributed by atoms with Crippen LogP contribution in [0, 0.1) is 5.82 Å². The second-order valence-corrected chi connectivity index (χ2v) is 5.97.